The Morgan fingerprint density at radius 2 is 0.842 bits per heavy atom. The van der Waals surface area contributed by atoms with Crippen LogP contribution in [-0.4, -0.2) is 10.2 Å². The normalized spacial score (nSPS) is 37.5. The molecule has 19 heavy (non-hydrogen) atoms. The molecule has 0 spiro atoms. The van der Waals surface area contributed by atoms with Crippen molar-refractivity contribution in [3.05, 3.63) is 22.3 Å². The molecule has 2 fully saturated rings. The summed E-state index contributed by atoms with van der Waals surface area (Å²) in [5.41, 5.74) is 4.57. The molecule has 0 saturated heterocycles. The fraction of sp³-hybridized carbons (Fsp3) is 0.647. The summed E-state index contributed by atoms with van der Waals surface area (Å²) < 4.78 is 0. The first-order chi connectivity index (χ1) is 9.25. The van der Waals surface area contributed by atoms with Gasteiger partial charge in [-0.1, -0.05) is 0 Å². The van der Waals surface area contributed by atoms with E-state index in [0.717, 1.165) is 28.7 Å². The lowest BCUT2D eigenvalue weighted by Crippen LogP contribution is -2.23. The Morgan fingerprint density at radius 1 is 0.526 bits per heavy atom. The Bertz CT molecular complexity index is 531. The number of aromatic hydroxyl groups is 2. The highest BCUT2D eigenvalue weighted by atomic mass is 16.3. The highest BCUT2D eigenvalue weighted by Gasteiger charge is 2.46. The third kappa shape index (κ3) is 1.11. The molecule has 2 atom stereocenters. The Morgan fingerprint density at radius 3 is 1.26 bits per heavy atom. The van der Waals surface area contributed by atoms with Gasteiger partial charge in [0.05, 0.1) is 0 Å². The molecular weight excluding hydrogens is 236 g/mol. The molecular formula is C17H20O2. The standard InChI is InChI=1S/C17H20O2/c18-16-12-8-1-2-9(4-3-8)13(12)17(19)15-11-6-5-10(7-11)14(15)16/h8-11,18-19H,1-7H2. The second kappa shape index (κ2) is 3.28. The minimum atomic E-state index is 0.510. The van der Waals surface area contributed by atoms with Crippen LogP contribution in [0.25, 0.3) is 0 Å². The maximum atomic E-state index is 10.8. The fourth-order valence-electron chi connectivity index (χ4n) is 5.63. The van der Waals surface area contributed by atoms with Crippen molar-refractivity contribution < 1.29 is 10.2 Å². The molecule has 0 amide bonds. The molecule has 100 valence electrons. The maximum Gasteiger partial charge on any atom is 0.123 e. The lowest BCUT2D eigenvalue weighted by Gasteiger charge is -2.40. The average molecular weight is 256 g/mol. The molecule has 4 bridgehead atoms. The zero-order valence-corrected chi connectivity index (χ0v) is 11.2. The zero-order valence-electron chi connectivity index (χ0n) is 11.2. The van der Waals surface area contributed by atoms with Gasteiger partial charge >= 0.3 is 0 Å². The number of hydrogen-bond donors (Lipinski definition) is 2. The van der Waals surface area contributed by atoms with E-state index in [0.29, 0.717) is 35.2 Å². The first-order valence-corrected chi connectivity index (χ1v) is 7.87. The summed E-state index contributed by atoms with van der Waals surface area (Å²) >= 11 is 0. The van der Waals surface area contributed by atoms with E-state index >= 15 is 0 Å². The molecule has 1 aromatic carbocycles. The van der Waals surface area contributed by atoms with Crippen molar-refractivity contribution in [1.82, 2.24) is 0 Å². The van der Waals surface area contributed by atoms with E-state index in [2.05, 4.69) is 0 Å². The van der Waals surface area contributed by atoms with Crippen LogP contribution in [0, 0.1) is 0 Å². The van der Waals surface area contributed by atoms with Gasteiger partial charge in [0.15, 0.2) is 0 Å². The molecule has 0 aliphatic heterocycles. The van der Waals surface area contributed by atoms with Gasteiger partial charge in [0.1, 0.15) is 11.5 Å². The molecule has 5 aliphatic rings. The van der Waals surface area contributed by atoms with E-state index in [1.807, 2.05) is 0 Å². The third-order valence-corrected chi connectivity index (χ3v) is 6.39. The molecule has 2 nitrogen and oxygen atoms in total. The van der Waals surface area contributed by atoms with E-state index in [1.165, 1.54) is 38.5 Å². The van der Waals surface area contributed by atoms with Crippen molar-refractivity contribution in [1.29, 1.82) is 0 Å². The van der Waals surface area contributed by atoms with E-state index < -0.39 is 0 Å². The number of hydrogen-bond acceptors (Lipinski definition) is 2. The predicted molar refractivity (Wildman–Crippen MR) is 73.1 cm³/mol. The second-order valence-electron chi connectivity index (χ2n) is 7.11. The van der Waals surface area contributed by atoms with Gasteiger partial charge in [-0.3, -0.25) is 0 Å². The summed E-state index contributed by atoms with van der Waals surface area (Å²) in [6.07, 6.45) is 8.40. The molecule has 1 aromatic rings. The minimum Gasteiger partial charge on any atom is -0.507 e. The Kier molecular flexibility index (Phi) is 1.83. The number of rotatable bonds is 0. The summed E-state index contributed by atoms with van der Waals surface area (Å²) in [5.74, 6) is 3.24. The topological polar surface area (TPSA) is 40.5 Å². The van der Waals surface area contributed by atoms with Crippen molar-refractivity contribution in [2.24, 2.45) is 0 Å². The quantitative estimate of drug-likeness (QED) is 0.682. The molecule has 0 radical (unpaired) electrons. The highest BCUT2D eigenvalue weighted by molar-refractivity contribution is 5.66. The van der Waals surface area contributed by atoms with Crippen LogP contribution in [0.2, 0.25) is 0 Å². The van der Waals surface area contributed by atoms with E-state index in [-0.39, 0.29) is 0 Å². The van der Waals surface area contributed by atoms with Crippen molar-refractivity contribution in [3.8, 4) is 11.5 Å². The SMILES string of the molecule is Oc1c2c(c(O)c3c1C1CCC3C1)C1CCC2CC1. The van der Waals surface area contributed by atoms with Gasteiger partial charge < -0.3 is 10.2 Å². The van der Waals surface area contributed by atoms with Gasteiger partial charge in [-0.2, -0.15) is 0 Å². The monoisotopic (exact) mass is 256 g/mol. The molecule has 6 rings (SSSR count). The van der Waals surface area contributed by atoms with E-state index in [1.54, 1.807) is 0 Å². The number of phenols is 2. The van der Waals surface area contributed by atoms with Crippen LogP contribution in [-0.2, 0) is 0 Å². The number of phenolic OH excluding ortho intramolecular Hbond substituents is 2. The van der Waals surface area contributed by atoms with Crippen LogP contribution in [0.1, 0.15) is 90.9 Å². The molecule has 5 aliphatic carbocycles. The van der Waals surface area contributed by atoms with Gasteiger partial charge in [-0.05, 0) is 68.6 Å². The summed E-state index contributed by atoms with van der Waals surface area (Å²) in [5, 5.41) is 21.6. The Balaban J connectivity index is 1.86. The van der Waals surface area contributed by atoms with Gasteiger partial charge in [0.25, 0.3) is 0 Å². The summed E-state index contributed by atoms with van der Waals surface area (Å²) in [6.45, 7) is 0. The Labute approximate surface area is 113 Å². The van der Waals surface area contributed by atoms with Crippen LogP contribution in [0.3, 0.4) is 0 Å². The molecule has 2 heteroatoms. The van der Waals surface area contributed by atoms with Crippen LogP contribution in [0.15, 0.2) is 0 Å². The number of benzene rings is 1. The van der Waals surface area contributed by atoms with Crippen LogP contribution in [0.5, 0.6) is 11.5 Å². The summed E-state index contributed by atoms with van der Waals surface area (Å²) in [6, 6.07) is 0. The summed E-state index contributed by atoms with van der Waals surface area (Å²) in [7, 11) is 0. The fourth-order valence-corrected chi connectivity index (χ4v) is 5.63. The van der Waals surface area contributed by atoms with Crippen molar-refractivity contribution in [3.63, 3.8) is 0 Å². The van der Waals surface area contributed by atoms with Crippen molar-refractivity contribution >= 4 is 0 Å². The lowest BCUT2D eigenvalue weighted by molar-refractivity contribution is 0.325. The first kappa shape index (κ1) is 10.6. The van der Waals surface area contributed by atoms with Gasteiger partial charge in [0, 0.05) is 22.3 Å². The zero-order chi connectivity index (χ0) is 12.7. The van der Waals surface area contributed by atoms with Gasteiger partial charge in [0.2, 0.25) is 0 Å². The van der Waals surface area contributed by atoms with Crippen molar-refractivity contribution in [2.45, 2.75) is 68.6 Å². The van der Waals surface area contributed by atoms with Crippen LogP contribution >= 0.6 is 0 Å². The molecule has 2 N–H and O–H groups in total. The van der Waals surface area contributed by atoms with Crippen molar-refractivity contribution in [2.75, 3.05) is 0 Å². The second-order valence-corrected chi connectivity index (χ2v) is 7.11. The van der Waals surface area contributed by atoms with E-state index in [4.69, 9.17) is 0 Å². The van der Waals surface area contributed by atoms with E-state index in [9.17, 15) is 10.2 Å². The Hall–Kier alpha value is -1.18. The largest absolute Gasteiger partial charge is 0.507 e. The predicted octanol–water partition coefficient (Wildman–Crippen LogP) is 4.22. The average Bonchev–Trinajstić information content (AvgIpc) is 3.06. The van der Waals surface area contributed by atoms with Gasteiger partial charge in [-0.15, -0.1) is 0 Å². The van der Waals surface area contributed by atoms with Gasteiger partial charge in [-0.25, -0.2) is 0 Å². The van der Waals surface area contributed by atoms with Crippen LogP contribution < -0.4 is 0 Å². The smallest absolute Gasteiger partial charge is 0.123 e. The highest BCUT2D eigenvalue weighted by Crippen LogP contribution is 2.65. The number of fused-ring (bicyclic) bond motifs is 7. The molecule has 2 unspecified atom stereocenters. The summed E-state index contributed by atoms with van der Waals surface area (Å²) in [4.78, 5) is 0. The van der Waals surface area contributed by atoms with Crippen LogP contribution in [0.4, 0.5) is 0 Å². The minimum absolute atomic E-state index is 0.510. The molecule has 0 heterocycles. The molecule has 0 aromatic heterocycles. The molecule has 2 saturated carbocycles. The lowest BCUT2D eigenvalue weighted by atomic mass is 9.65. The first-order valence-electron chi connectivity index (χ1n) is 7.87. The maximum absolute atomic E-state index is 10.8. The third-order valence-electron chi connectivity index (χ3n) is 6.39.